The summed E-state index contributed by atoms with van der Waals surface area (Å²) in [7, 11) is 0. The Hall–Kier alpha value is -0.570. The first kappa shape index (κ1) is 13.9. The van der Waals surface area contributed by atoms with E-state index in [2.05, 4.69) is 25.7 Å². The molecule has 0 amide bonds. The number of rotatable bonds is 2. The molecule has 104 valence electrons. The highest BCUT2D eigenvalue weighted by atomic mass is 16.4. The van der Waals surface area contributed by atoms with Crippen molar-refractivity contribution >= 4 is 5.97 Å². The van der Waals surface area contributed by atoms with Crippen LogP contribution in [-0.4, -0.2) is 35.1 Å². The predicted octanol–water partition coefficient (Wildman–Crippen LogP) is 3.00. The third-order valence-corrected chi connectivity index (χ3v) is 4.97. The van der Waals surface area contributed by atoms with Gasteiger partial charge in [-0.3, -0.25) is 9.69 Å². The second-order valence-electron chi connectivity index (χ2n) is 7.13. The van der Waals surface area contributed by atoms with Crippen LogP contribution in [-0.2, 0) is 4.79 Å². The smallest absolute Gasteiger partial charge is 0.308 e. The minimum atomic E-state index is -0.584. The minimum absolute atomic E-state index is 0.137. The van der Waals surface area contributed by atoms with Crippen molar-refractivity contribution in [2.45, 2.75) is 58.9 Å². The number of carbonyl (C=O) groups is 1. The summed E-state index contributed by atoms with van der Waals surface area (Å²) in [5.74, 6) is -0.0559. The van der Waals surface area contributed by atoms with Crippen LogP contribution in [0, 0.1) is 17.3 Å². The average Bonchev–Trinajstić information content (AvgIpc) is 2.80. The SMILES string of the molecule is CC(C)(C)C1CCC(C(=O)O)C(N2CCCC2)C1. The van der Waals surface area contributed by atoms with Crippen molar-refractivity contribution in [1.29, 1.82) is 0 Å². The molecule has 0 aromatic heterocycles. The van der Waals surface area contributed by atoms with E-state index in [0.717, 1.165) is 32.4 Å². The third-order valence-electron chi connectivity index (χ3n) is 4.97. The predicted molar refractivity (Wildman–Crippen MR) is 72.5 cm³/mol. The Labute approximate surface area is 111 Å². The monoisotopic (exact) mass is 253 g/mol. The molecule has 1 saturated heterocycles. The molecule has 3 unspecified atom stereocenters. The molecule has 18 heavy (non-hydrogen) atoms. The van der Waals surface area contributed by atoms with Crippen molar-refractivity contribution in [3.8, 4) is 0 Å². The molecule has 2 fully saturated rings. The molecular formula is C15H27NO2. The molecule has 3 heteroatoms. The maximum Gasteiger partial charge on any atom is 0.308 e. The van der Waals surface area contributed by atoms with Crippen LogP contribution >= 0.6 is 0 Å². The first-order chi connectivity index (χ1) is 8.39. The Morgan fingerprint density at radius 1 is 1.17 bits per heavy atom. The molecule has 3 atom stereocenters. The summed E-state index contributed by atoms with van der Waals surface area (Å²) in [6.45, 7) is 9.08. The van der Waals surface area contributed by atoms with Crippen LogP contribution in [0.25, 0.3) is 0 Å². The van der Waals surface area contributed by atoms with Crippen molar-refractivity contribution in [2.24, 2.45) is 17.3 Å². The van der Waals surface area contributed by atoms with E-state index >= 15 is 0 Å². The van der Waals surface area contributed by atoms with Crippen molar-refractivity contribution in [2.75, 3.05) is 13.1 Å². The number of carboxylic acids is 1. The Balaban J connectivity index is 2.10. The topological polar surface area (TPSA) is 40.5 Å². The van der Waals surface area contributed by atoms with E-state index in [9.17, 15) is 9.90 Å². The lowest BCUT2D eigenvalue weighted by Gasteiger charge is -2.43. The summed E-state index contributed by atoms with van der Waals surface area (Å²) in [6, 6.07) is 0.281. The average molecular weight is 253 g/mol. The zero-order valence-electron chi connectivity index (χ0n) is 12.0. The van der Waals surface area contributed by atoms with Crippen LogP contribution in [0.4, 0.5) is 0 Å². The molecule has 0 radical (unpaired) electrons. The second kappa shape index (κ2) is 5.20. The van der Waals surface area contributed by atoms with Gasteiger partial charge in [0.15, 0.2) is 0 Å². The highest BCUT2D eigenvalue weighted by molar-refractivity contribution is 5.71. The lowest BCUT2D eigenvalue weighted by atomic mass is 9.67. The molecule has 3 nitrogen and oxygen atoms in total. The lowest BCUT2D eigenvalue weighted by Crippen LogP contribution is -2.47. The van der Waals surface area contributed by atoms with Gasteiger partial charge in [-0.1, -0.05) is 20.8 Å². The highest BCUT2D eigenvalue weighted by Gasteiger charge is 2.41. The standard InChI is InChI=1S/C15H27NO2/c1-15(2,3)11-6-7-12(14(17)18)13(10-11)16-8-4-5-9-16/h11-13H,4-10H2,1-3H3,(H,17,18). The van der Waals surface area contributed by atoms with Gasteiger partial charge < -0.3 is 5.11 Å². The maximum absolute atomic E-state index is 11.5. The van der Waals surface area contributed by atoms with Gasteiger partial charge >= 0.3 is 5.97 Å². The number of carboxylic acid groups (broad SMARTS) is 1. The number of nitrogens with zero attached hydrogens (tertiary/aromatic N) is 1. The molecule has 2 aliphatic rings. The van der Waals surface area contributed by atoms with Crippen LogP contribution in [0.15, 0.2) is 0 Å². The summed E-state index contributed by atoms with van der Waals surface area (Å²) in [6.07, 6.45) is 5.48. The maximum atomic E-state index is 11.5. The van der Waals surface area contributed by atoms with Gasteiger partial charge in [-0.05, 0) is 56.5 Å². The third kappa shape index (κ3) is 2.87. The Bertz CT molecular complexity index is 302. The van der Waals surface area contributed by atoms with Gasteiger partial charge in [0.25, 0.3) is 0 Å². The Morgan fingerprint density at radius 2 is 1.78 bits per heavy atom. The van der Waals surface area contributed by atoms with E-state index in [-0.39, 0.29) is 12.0 Å². The number of aliphatic carboxylic acids is 1. The van der Waals surface area contributed by atoms with Crippen LogP contribution in [0.5, 0.6) is 0 Å². The van der Waals surface area contributed by atoms with Gasteiger partial charge in [-0.25, -0.2) is 0 Å². The van der Waals surface area contributed by atoms with E-state index in [0.29, 0.717) is 11.3 Å². The van der Waals surface area contributed by atoms with Crippen molar-refractivity contribution in [1.82, 2.24) is 4.90 Å². The van der Waals surface area contributed by atoms with Crippen LogP contribution in [0.1, 0.15) is 52.9 Å². The molecule has 1 aliphatic carbocycles. The number of likely N-dealkylation sites (tertiary alicyclic amines) is 1. The molecule has 1 heterocycles. The van der Waals surface area contributed by atoms with Crippen molar-refractivity contribution < 1.29 is 9.90 Å². The van der Waals surface area contributed by atoms with E-state index in [4.69, 9.17) is 0 Å². The second-order valence-corrected chi connectivity index (χ2v) is 7.13. The largest absolute Gasteiger partial charge is 0.481 e. The van der Waals surface area contributed by atoms with E-state index in [1.807, 2.05) is 0 Å². The number of hydrogen-bond acceptors (Lipinski definition) is 2. The van der Waals surface area contributed by atoms with Gasteiger partial charge in [0, 0.05) is 6.04 Å². The normalized spacial score (nSPS) is 34.7. The molecule has 2 rings (SSSR count). The summed E-state index contributed by atoms with van der Waals surface area (Å²) < 4.78 is 0. The quantitative estimate of drug-likeness (QED) is 0.822. The summed E-state index contributed by atoms with van der Waals surface area (Å²) in [5.41, 5.74) is 0.307. The van der Waals surface area contributed by atoms with Gasteiger partial charge in [0.05, 0.1) is 5.92 Å². The van der Waals surface area contributed by atoms with Crippen LogP contribution in [0.2, 0.25) is 0 Å². The first-order valence-electron chi connectivity index (χ1n) is 7.36. The van der Waals surface area contributed by atoms with Gasteiger partial charge in [-0.2, -0.15) is 0 Å². The zero-order valence-corrected chi connectivity index (χ0v) is 12.0. The molecule has 1 aliphatic heterocycles. The minimum Gasteiger partial charge on any atom is -0.481 e. The van der Waals surface area contributed by atoms with E-state index in [1.54, 1.807) is 0 Å². The Kier molecular flexibility index (Phi) is 4.00. The lowest BCUT2D eigenvalue weighted by molar-refractivity contribution is -0.146. The van der Waals surface area contributed by atoms with Crippen LogP contribution in [0.3, 0.4) is 0 Å². The zero-order chi connectivity index (χ0) is 13.3. The fraction of sp³-hybridized carbons (Fsp3) is 0.933. The highest BCUT2D eigenvalue weighted by Crippen LogP contribution is 2.42. The summed E-state index contributed by atoms with van der Waals surface area (Å²) >= 11 is 0. The molecule has 0 spiro atoms. The molecule has 0 aromatic rings. The van der Waals surface area contributed by atoms with E-state index in [1.165, 1.54) is 12.8 Å². The fourth-order valence-corrected chi connectivity index (χ4v) is 3.70. The number of hydrogen-bond donors (Lipinski definition) is 1. The molecule has 1 N–H and O–H groups in total. The van der Waals surface area contributed by atoms with Gasteiger partial charge in [-0.15, -0.1) is 0 Å². The summed E-state index contributed by atoms with van der Waals surface area (Å²) in [4.78, 5) is 13.9. The Morgan fingerprint density at radius 3 is 2.28 bits per heavy atom. The molecular weight excluding hydrogens is 226 g/mol. The van der Waals surface area contributed by atoms with Crippen LogP contribution < -0.4 is 0 Å². The van der Waals surface area contributed by atoms with E-state index < -0.39 is 5.97 Å². The molecule has 1 saturated carbocycles. The molecule has 0 aromatic carbocycles. The van der Waals surface area contributed by atoms with Gasteiger partial charge in [0.2, 0.25) is 0 Å². The van der Waals surface area contributed by atoms with Gasteiger partial charge in [0.1, 0.15) is 0 Å². The van der Waals surface area contributed by atoms with Crippen molar-refractivity contribution in [3.05, 3.63) is 0 Å². The fourth-order valence-electron chi connectivity index (χ4n) is 3.70. The summed E-state index contributed by atoms with van der Waals surface area (Å²) in [5, 5.41) is 9.43. The first-order valence-corrected chi connectivity index (χ1v) is 7.36. The van der Waals surface area contributed by atoms with Crippen molar-refractivity contribution in [3.63, 3.8) is 0 Å². The molecule has 0 bridgehead atoms.